The maximum atomic E-state index is 12.7. The van der Waals surface area contributed by atoms with Crippen molar-refractivity contribution in [2.24, 2.45) is 0 Å². The van der Waals surface area contributed by atoms with E-state index in [-0.39, 0.29) is 5.91 Å². The van der Waals surface area contributed by atoms with Crippen molar-refractivity contribution in [3.05, 3.63) is 70.5 Å². The smallest absolute Gasteiger partial charge is 0.224 e. The van der Waals surface area contributed by atoms with Crippen molar-refractivity contribution in [1.29, 1.82) is 0 Å². The van der Waals surface area contributed by atoms with Gasteiger partial charge in [0.15, 0.2) is 5.65 Å². The van der Waals surface area contributed by atoms with Crippen LogP contribution in [0.5, 0.6) is 11.5 Å². The zero-order chi connectivity index (χ0) is 24.4. The van der Waals surface area contributed by atoms with Crippen LogP contribution < -0.4 is 14.8 Å². The average molecular weight is 459 g/mol. The largest absolute Gasteiger partial charge is 0.497 e. The molecule has 2 aromatic carbocycles. The van der Waals surface area contributed by atoms with Crippen molar-refractivity contribution in [3.63, 3.8) is 0 Å². The first-order valence-electron chi connectivity index (χ1n) is 11.3. The van der Waals surface area contributed by atoms with Crippen molar-refractivity contribution in [3.8, 4) is 22.8 Å². The molecule has 0 radical (unpaired) electrons. The standard InChI is InChI=1S/C27H30N4O3/c1-16-8-7-9-23(17(16)2)29-27(32)13-12-21-18(3)28-26-15-24(30-31(26)19(21)4)22-11-10-20(33-5)14-25(22)34-6/h7-11,14-15H,12-13H2,1-6H3,(H,29,32). The second kappa shape index (κ2) is 9.55. The molecule has 2 heterocycles. The molecule has 2 aromatic heterocycles. The van der Waals surface area contributed by atoms with E-state index in [2.05, 4.69) is 5.32 Å². The van der Waals surface area contributed by atoms with Gasteiger partial charge in [-0.3, -0.25) is 4.79 Å². The van der Waals surface area contributed by atoms with Crippen molar-refractivity contribution < 1.29 is 14.3 Å². The van der Waals surface area contributed by atoms with Crippen LogP contribution in [0.4, 0.5) is 5.69 Å². The number of rotatable bonds is 7. The van der Waals surface area contributed by atoms with E-state index in [4.69, 9.17) is 19.6 Å². The lowest BCUT2D eigenvalue weighted by atomic mass is 10.1. The number of hydrogen-bond acceptors (Lipinski definition) is 5. The normalized spacial score (nSPS) is 11.0. The molecule has 0 saturated heterocycles. The van der Waals surface area contributed by atoms with Gasteiger partial charge in [0.1, 0.15) is 11.5 Å². The van der Waals surface area contributed by atoms with Crippen LogP contribution in [0.2, 0.25) is 0 Å². The number of nitrogens with zero attached hydrogens (tertiary/aromatic N) is 3. The number of ether oxygens (including phenoxy) is 2. The maximum Gasteiger partial charge on any atom is 0.224 e. The molecule has 4 rings (SSSR count). The molecule has 0 aliphatic heterocycles. The molecule has 34 heavy (non-hydrogen) atoms. The van der Waals surface area contributed by atoms with Gasteiger partial charge < -0.3 is 14.8 Å². The number of benzene rings is 2. The van der Waals surface area contributed by atoms with Gasteiger partial charge in [-0.05, 0) is 69.0 Å². The molecule has 7 heteroatoms. The van der Waals surface area contributed by atoms with Gasteiger partial charge >= 0.3 is 0 Å². The Morgan fingerprint density at radius 2 is 1.82 bits per heavy atom. The predicted octanol–water partition coefficient (Wildman–Crippen LogP) is 5.22. The molecule has 0 fully saturated rings. The number of nitrogens with one attached hydrogen (secondary N) is 1. The molecule has 0 atom stereocenters. The van der Waals surface area contributed by atoms with Gasteiger partial charge in [-0.2, -0.15) is 5.10 Å². The summed E-state index contributed by atoms with van der Waals surface area (Å²) in [5.41, 5.74) is 8.38. The Morgan fingerprint density at radius 3 is 2.56 bits per heavy atom. The van der Waals surface area contributed by atoms with E-state index in [1.54, 1.807) is 14.2 Å². The van der Waals surface area contributed by atoms with E-state index in [9.17, 15) is 4.79 Å². The number of carbonyl (C=O) groups is 1. The highest BCUT2D eigenvalue weighted by Crippen LogP contribution is 2.33. The van der Waals surface area contributed by atoms with Crippen LogP contribution >= 0.6 is 0 Å². The molecule has 0 spiro atoms. The Bertz CT molecular complexity index is 1370. The van der Waals surface area contributed by atoms with Crippen molar-refractivity contribution in [2.45, 2.75) is 40.5 Å². The molecule has 4 aromatic rings. The molecule has 1 amide bonds. The Labute approximate surface area is 199 Å². The Hall–Kier alpha value is -3.87. The summed E-state index contributed by atoms with van der Waals surface area (Å²) in [4.78, 5) is 17.4. The number of anilines is 1. The van der Waals surface area contributed by atoms with Crippen LogP contribution in [0, 0.1) is 27.7 Å². The zero-order valence-electron chi connectivity index (χ0n) is 20.5. The Balaban J connectivity index is 1.59. The lowest BCUT2D eigenvalue weighted by Crippen LogP contribution is -2.15. The van der Waals surface area contributed by atoms with Crippen LogP contribution in [0.15, 0.2) is 42.5 Å². The molecule has 176 valence electrons. The highest BCUT2D eigenvalue weighted by atomic mass is 16.5. The molecule has 0 saturated carbocycles. The molecular formula is C27H30N4O3. The minimum absolute atomic E-state index is 0.0169. The second-order valence-electron chi connectivity index (χ2n) is 8.42. The topological polar surface area (TPSA) is 77.8 Å². The van der Waals surface area contributed by atoms with E-state index >= 15 is 0 Å². The van der Waals surface area contributed by atoms with Crippen LogP contribution in [0.1, 0.15) is 34.5 Å². The van der Waals surface area contributed by atoms with Crippen LogP contribution in [0.3, 0.4) is 0 Å². The summed E-state index contributed by atoms with van der Waals surface area (Å²) in [6.07, 6.45) is 0.945. The summed E-state index contributed by atoms with van der Waals surface area (Å²) in [5, 5.41) is 7.84. The summed E-state index contributed by atoms with van der Waals surface area (Å²) < 4.78 is 12.7. The first kappa shape index (κ1) is 23.3. The van der Waals surface area contributed by atoms with E-state index in [1.165, 1.54) is 0 Å². The number of amides is 1. The third-order valence-corrected chi connectivity index (χ3v) is 6.33. The van der Waals surface area contributed by atoms with E-state index in [1.807, 2.05) is 74.7 Å². The fraction of sp³-hybridized carbons (Fsp3) is 0.296. The molecule has 7 nitrogen and oxygen atoms in total. The second-order valence-corrected chi connectivity index (χ2v) is 8.42. The molecule has 0 aliphatic rings. The molecule has 0 aliphatic carbocycles. The van der Waals surface area contributed by atoms with Crippen molar-refractivity contribution >= 4 is 17.2 Å². The van der Waals surface area contributed by atoms with Gasteiger partial charge in [-0.15, -0.1) is 0 Å². The number of fused-ring (bicyclic) bond motifs is 1. The highest BCUT2D eigenvalue weighted by Gasteiger charge is 2.17. The van der Waals surface area contributed by atoms with Gasteiger partial charge in [-0.1, -0.05) is 12.1 Å². The lowest BCUT2D eigenvalue weighted by molar-refractivity contribution is -0.116. The number of carbonyl (C=O) groups excluding carboxylic acids is 1. The van der Waals surface area contributed by atoms with Gasteiger partial charge in [0.25, 0.3) is 0 Å². The van der Waals surface area contributed by atoms with Crippen molar-refractivity contribution in [2.75, 3.05) is 19.5 Å². The summed E-state index contributed by atoms with van der Waals surface area (Å²) >= 11 is 0. The van der Waals surface area contributed by atoms with Gasteiger partial charge in [-0.25, -0.2) is 9.50 Å². The van der Waals surface area contributed by atoms with Crippen molar-refractivity contribution in [1.82, 2.24) is 14.6 Å². The zero-order valence-corrected chi connectivity index (χ0v) is 20.5. The first-order valence-corrected chi connectivity index (χ1v) is 11.3. The highest BCUT2D eigenvalue weighted by molar-refractivity contribution is 5.91. The number of hydrogen-bond donors (Lipinski definition) is 1. The minimum Gasteiger partial charge on any atom is -0.497 e. The molecule has 0 unspecified atom stereocenters. The monoisotopic (exact) mass is 458 g/mol. The molecule has 1 N–H and O–H groups in total. The summed E-state index contributed by atoms with van der Waals surface area (Å²) in [7, 11) is 3.25. The molecular weight excluding hydrogens is 428 g/mol. The fourth-order valence-electron chi connectivity index (χ4n) is 4.17. The number of methoxy groups -OCH3 is 2. The lowest BCUT2D eigenvalue weighted by Gasteiger charge is -2.13. The van der Waals surface area contributed by atoms with E-state index in [0.29, 0.717) is 18.6 Å². The third kappa shape index (κ3) is 4.46. The van der Waals surface area contributed by atoms with Gasteiger partial charge in [0.05, 0.1) is 19.9 Å². The predicted molar refractivity (Wildman–Crippen MR) is 134 cm³/mol. The van der Waals surface area contributed by atoms with E-state index in [0.717, 1.165) is 56.4 Å². The Morgan fingerprint density at radius 1 is 1.03 bits per heavy atom. The summed E-state index contributed by atoms with van der Waals surface area (Å²) in [6.45, 7) is 8.05. The third-order valence-electron chi connectivity index (χ3n) is 6.33. The Kier molecular flexibility index (Phi) is 6.54. The van der Waals surface area contributed by atoms with Gasteiger partial charge in [0.2, 0.25) is 5.91 Å². The van der Waals surface area contributed by atoms with Crippen LogP contribution in [-0.2, 0) is 11.2 Å². The fourth-order valence-corrected chi connectivity index (χ4v) is 4.17. The minimum atomic E-state index is -0.0169. The molecule has 0 bridgehead atoms. The summed E-state index contributed by atoms with van der Waals surface area (Å²) in [6, 6.07) is 13.5. The first-order chi connectivity index (χ1) is 16.3. The maximum absolute atomic E-state index is 12.7. The number of aromatic nitrogens is 3. The van der Waals surface area contributed by atoms with Crippen LogP contribution in [-0.4, -0.2) is 34.7 Å². The van der Waals surface area contributed by atoms with E-state index < -0.39 is 0 Å². The number of aryl methyl sites for hydroxylation is 3. The quantitative estimate of drug-likeness (QED) is 0.411. The average Bonchev–Trinajstić information content (AvgIpc) is 3.25. The van der Waals surface area contributed by atoms with Gasteiger partial charge in [0, 0.05) is 41.2 Å². The van der Waals surface area contributed by atoms with Crippen LogP contribution in [0.25, 0.3) is 16.9 Å². The SMILES string of the molecule is COc1ccc(-c2cc3nc(C)c(CCC(=O)Nc4cccc(C)c4C)c(C)n3n2)c(OC)c1. The summed E-state index contributed by atoms with van der Waals surface area (Å²) in [5.74, 6) is 1.38.